The molecule has 0 radical (unpaired) electrons. The molecule has 2 aromatic carbocycles. The Hall–Kier alpha value is -2.44. The van der Waals surface area contributed by atoms with Crippen molar-refractivity contribution in [2.24, 2.45) is 16.7 Å². The van der Waals surface area contributed by atoms with Crippen molar-refractivity contribution >= 4 is 40.8 Å². The lowest BCUT2D eigenvalue weighted by Crippen LogP contribution is -2.31. The number of fused-ring (bicyclic) bond motifs is 2. The van der Waals surface area contributed by atoms with Gasteiger partial charge in [0.1, 0.15) is 11.3 Å². The highest BCUT2D eigenvalue weighted by Gasteiger charge is 2.62. The van der Waals surface area contributed by atoms with Crippen molar-refractivity contribution in [3.63, 3.8) is 0 Å². The smallest absolute Gasteiger partial charge is 0.339 e. The quantitative estimate of drug-likeness (QED) is 0.293. The van der Waals surface area contributed by atoms with Gasteiger partial charge in [0.05, 0.1) is 5.02 Å². The number of anilines is 1. The van der Waals surface area contributed by atoms with E-state index in [1.165, 1.54) is 19.1 Å². The number of ether oxygens (including phenoxy) is 1. The number of phenols is 1. The Kier molecular flexibility index (Phi) is 6.28. The molecule has 0 spiro atoms. The van der Waals surface area contributed by atoms with Gasteiger partial charge in [-0.2, -0.15) is 0 Å². The molecule has 2 fully saturated rings. The first-order valence-corrected chi connectivity index (χ1v) is 12.1. The predicted octanol–water partition coefficient (Wildman–Crippen LogP) is 6.86. The number of aromatic carboxylic acids is 1. The summed E-state index contributed by atoms with van der Waals surface area (Å²) in [5.41, 5.74) is 1.71. The average Bonchev–Trinajstić information content (AvgIpc) is 3.07. The summed E-state index contributed by atoms with van der Waals surface area (Å²) in [5, 5.41) is 24.7. The third-order valence-electron chi connectivity index (χ3n) is 8.39. The SMILES string of the molecule is CC(=O)Oc1c(Cl)cc(Cl)cc1CNc1ccc(C(=O)O)c(O)c1C1CC2CCC1(C)C2(C)C. The third kappa shape index (κ3) is 3.91. The predicted molar refractivity (Wildman–Crippen MR) is 132 cm³/mol. The van der Waals surface area contributed by atoms with E-state index in [4.69, 9.17) is 27.9 Å². The first-order valence-electron chi connectivity index (χ1n) is 11.4. The lowest BCUT2D eigenvalue weighted by atomic mass is 9.64. The molecule has 0 saturated heterocycles. The molecule has 3 atom stereocenters. The summed E-state index contributed by atoms with van der Waals surface area (Å²) in [6.07, 6.45) is 3.04. The largest absolute Gasteiger partial charge is 0.507 e. The van der Waals surface area contributed by atoms with E-state index >= 15 is 0 Å². The molecule has 2 aliphatic carbocycles. The molecule has 0 heterocycles. The zero-order chi connectivity index (χ0) is 25.0. The van der Waals surface area contributed by atoms with Crippen LogP contribution in [0.1, 0.15) is 74.4 Å². The summed E-state index contributed by atoms with van der Waals surface area (Å²) in [6.45, 7) is 8.29. The summed E-state index contributed by atoms with van der Waals surface area (Å²) >= 11 is 12.5. The first kappa shape index (κ1) is 24.7. The Morgan fingerprint density at radius 3 is 2.47 bits per heavy atom. The van der Waals surface area contributed by atoms with Crippen LogP contribution in [0.2, 0.25) is 10.0 Å². The van der Waals surface area contributed by atoms with Crippen molar-refractivity contribution < 1.29 is 24.5 Å². The van der Waals surface area contributed by atoms with Crippen molar-refractivity contribution in [3.8, 4) is 11.5 Å². The number of carboxylic acids is 1. The Balaban J connectivity index is 1.76. The van der Waals surface area contributed by atoms with Crippen molar-refractivity contribution in [2.75, 3.05) is 5.32 Å². The number of carbonyl (C=O) groups excluding carboxylic acids is 1. The van der Waals surface area contributed by atoms with Crippen LogP contribution in [-0.2, 0) is 11.3 Å². The number of hydrogen-bond donors (Lipinski definition) is 3. The molecule has 3 unspecified atom stereocenters. The summed E-state index contributed by atoms with van der Waals surface area (Å²) in [5.74, 6) is -1.16. The lowest BCUT2D eigenvalue weighted by Gasteiger charge is -2.40. The summed E-state index contributed by atoms with van der Waals surface area (Å²) < 4.78 is 5.31. The van der Waals surface area contributed by atoms with Gasteiger partial charge in [-0.1, -0.05) is 44.0 Å². The zero-order valence-corrected chi connectivity index (χ0v) is 21.2. The van der Waals surface area contributed by atoms with Gasteiger partial charge in [-0.15, -0.1) is 0 Å². The number of aromatic hydroxyl groups is 1. The van der Waals surface area contributed by atoms with Gasteiger partial charge in [0.15, 0.2) is 5.75 Å². The lowest BCUT2D eigenvalue weighted by molar-refractivity contribution is -0.131. The van der Waals surface area contributed by atoms with Crippen LogP contribution in [0.5, 0.6) is 11.5 Å². The van der Waals surface area contributed by atoms with Crippen LogP contribution in [0.4, 0.5) is 5.69 Å². The number of carbonyl (C=O) groups is 2. The van der Waals surface area contributed by atoms with Crippen molar-refractivity contribution in [1.82, 2.24) is 0 Å². The first-order chi connectivity index (χ1) is 15.9. The highest BCUT2D eigenvalue weighted by molar-refractivity contribution is 6.35. The zero-order valence-electron chi connectivity index (χ0n) is 19.7. The number of rotatable bonds is 6. The van der Waals surface area contributed by atoms with Crippen LogP contribution in [0.15, 0.2) is 24.3 Å². The molecule has 2 bridgehead atoms. The second-order valence-electron chi connectivity index (χ2n) is 10.2. The number of esters is 1. The second-order valence-corrected chi connectivity index (χ2v) is 11.1. The van der Waals surface area contributed by atoms with Crippen LogP contribution in [0, 0.1) is 16.7 Å². The fraction of sp³-hybridized carbons (Fsp3) is 0.462. The molecule has 0 amide bonds. The Morgan fingerprint density at radius 1 is 1.21 bits per heavy atom. The molecule has 8 heteroatoms. The summed E-state index contributed by atoms with van der Waals surface area (Å²) in [7, 11) is 0. The van der Waals surface area contributed by atoms with Gasteiger partial charge in [0, 0.05) is 35.3 Å². The normalized spacial score (nSPS) is 24.8. The van der Waals surface area contributed by atoms with Crippen molar-refractivity contribution in [1.29, 1.82) is 0 Å². The van der Waals surface area contributed by atoms with Crippen LogP contribution in [0.25, 0.3) is 0 Å². The maximum Gasteiger partial charge on any atom is 0.339 e. The highest BCUT2D eigenvalue weighted by Crippen LogP contribution is 2.72. The minimum Gasteiger partial charge on any atom is -0.507 e. The van der Waals surface area contributed by atoms with Gasteiger partial charge in [-0.05, 0) is 66.2 Å². The number of benzene rings is 2. The second kappa shape index (κ2) is 8.65. The van der Waals surface area contributed by atoms with Crippen LogP contribution < -0.4 is 10.1 Å². The van der Waals surface area contributed by atoms with Crippen LogP contribution in [-0.4, -0.2) is 22.2 Å². The number of carboxylic acid groups (broad SMARTS) is 1. The molecular weight excluding hydrogens is 477 g/mol. The van der Waals surface area contributed by atoms with Gasteiger partial charge in [0.25, 0.3) is 0 Å². The van der Waals surface area contributed by atoms with E-state index in [0.29, 0.717) is 27.8 Å². The maximum absolute atomic E-state index is 11.8. The highest BCUT2D eigenvalue weighted by atomic mass is 35.5. The van der Waals surface area contributed by atoms with Crippen molar-refractivity contribution in [2.45, 2.75) is 59.4 Å². The van der Waals surface area contributed by atoms with E-state index in [0.717, 1.165) is 19.3 Å². The summed E-state index contributed by atoms with van der Waals surface area (Å²) in [6, 6.07) is 6.26. The molecule has 0 aromatic heterocycles. The standard InChI is InChI=1S/C26H29Cl2NO5/c1-13(30)34-23-14(9-16(27)11-19(23)28)12-29-20-6-5-17(24(32)33)22(31)21(20)18-10-15-7-8-26(18,4)25(15,2)3/h5-6,9,11,15,18,29,31H,7-8,10,12H2,1-4H3,(H,32,33). The Labute approximate surface area is 209 Å². The maximum atomic E-state index is 11.8. The molecule has 34 heavy (non-hydrogen) atoms. The fourth-order valence-corrected chi connectivity index (χ4v) is 6.70. The molecule has 2 aromatic rings. The number of hydrogen-bond acceptors (Lipinski definition) is 5. The molecule has 182 valence electrons. The third-order valence-corrected chi connectivity index (χ3v) is 8.89. The van der Waals surface area contributed by atoms with E-state index in [1.807, 2.05) is 0 Å². The van der Waals surface area contributed by atoms with Crippen LogP contribution >= 0.6 is 23.2 Å². The van der Waals surface area contributed by atoms with E-state index in [9.17, 15) is 19.8 Å². The van der Waals surface area contributed by atoms with Crippen molar-refractivity contribution in [3.05, 3.63) is 51.0 Å². The number of halogens is 2. The summed E-state index contributed by atoms with van der Waals surface area (Å²) in [4.78, 5) is 23.4. The molecule has 3 N–H and O–H groups in total. The molecule has 4 rings (SSSR count). The number of nitrogens with one attached hydrogen (secondary N) is 1. The van der Waals surface area contributed by atoms with E-state index in [-0.39, 0.29) is 45.4 Å². The Bertz CT molecular complexity index is 1180. The topological polar surface area (TPSA) is 95.9 Å². The fourth-order valence-electron chi connectivity index (χ4n) is 6.12. The minimum atomic E-state index is -1.17. The van der Waals surface area contributed by atoms with E-state index < -0.39 is 11.9 Å². The minimum absolute atomic E-state index is 0.000982. The van der Waals surface area contributed by atoms with Gasteiger partial charge in [-0.25, -0.2) is 4.79 Å². The molecular formula is C26H29Cl2NO5. The van der Waals surface area contributed by atoms with E-state index in [2.05, 4.69) is 26.1 Å². The molecule has 2 aliphatic rings. The average molecular weight is 506 g/mol. The Morgan fingerprint density at radius 2 is 1.91 bits per heavy atom. The molecule has 2 saturated carbocycles. The van der Waals surface area contributed by atoms with Gasteiger partial charge in [-0.3, -0.25) is 4.79 Å². The van der Waals surface area contributed by atoms with Gasteiger partial charge >= 0.3 is 11.9 Å². The van der Waals surface area contributed by atoms with Gasteiger partial charge < -0.3 is 20.3 Å². The van der Waals surface area contributed by atoms with E-state index in [1.54, 1.807) is 12.1 Å². The van der Waals surface area contributed by atoms with Gasteiger partial charge in [0.2, 0.25) is 0 Å². The van der Waals surface area contributed by atoms with Crippen LogP contribution in [0.3, 0.4) is 0 Å². The molecule has 0 aliphatic heterocycles. The molecule has 6 nitrogen and oxygen atoms in total. The monoisotopic (exact) mass is 505 g/mol.